The van der Waals surface area contributed by atoms with Crippen LogP contribution in [0.1, 0.15) is 24.5 Å². The molecule has 0 bridgehead atoms. The third-order valence-corrected chi connectivity index (χ3v) is 5.03. The van der Waals surface area contributed by atoms with Gasteiger partial charge in [-0.2, -0.15) is 11.8 Å². The topological polar surface area (TPSA) is 21.3 Å². The monoisotopic (exact) mass is 279 g/mol. The predicted octanol–water partition coefficient (Wildman–Crippen LogP) is 3.28. The molecular weight excluding hydrogens is 254 g/mol. The second-order valence-electron chi connectivity index (χ2n) is 5.38. The highest BCUT2D eigenvalue weighted by molar-refractivity contribution is 7.99. The van der Waals surface area contributed by atoms with Crippen LogP contribution in [0, 0.1) is 12.8 Å². The third kappa shape index (κ3) is 3.90. The maximum atomic E-state index is 5.50. The molecule has 19 heavy (non-hydrogen) atoms. The van der Waals surface area contributed by atoms with Crippen molar-refractivity contribution in [2.45, 2.75) is 32.7 Å². The van der Waals surface area contributed by atoms with E-state index in [0.29, 0.717) is 6.04 Å². The molecule has 1 aliphatic rings. The number of hydrogen-bond acceptors (Lipinski definition) is 3. The molecule has 0 spiro atoms. The quantitative estimate of drug-likeness (QED) is 0.863. The fraction of sp³-hybridized carbons (Fsp3) is 0.625. The lowest BCUT2D eigenvalue weighted by Crippen LogP contribution is -2.36. The van der Waals surface area contributed by atoms with E-state index in [1.807, 2.05) is 0 Å². The molecule has 1 saturated heterocycles. The standard InChI is InChI=1S/C16H25NOS/c1-4-7-17-15-11-19-10-14(15)9-13-8-12(2)5-6-16(13)18-3/h5-6,8,14-15,17H,4,7,9-11H2,1-3H3. The number of methoxy groups -OCH3 is 1. The van der Waals surface area contributed by atoms with Gasteiger partial charge in [0.15, 0.2) is 0 Å². The van der Waals surface area contributed by atoms with E-state index in [2.05, 4.69) is 49.1 Å². The van der Waals surface area contributed by atoms with Crippen molar-refractivity contribution in [1.82, 2.24) is 5.32 Å². The van der Waals surface area contributed by atoms with Crippen LogP contribution >= 0.6 is 11.8 Å². The van der Waals surface area contributed by atoms with E-state index < -0.39 is 0 Å². The van der Waals surface area contributed by atoms with E-state index in [9.17, 15) is 0 Å². The Morgan fingerprint density at radius 1 is 1.37 bits per heavy atom. The highest BCUT2D eigenvalue weighted by atomic mass is 32.2. The molecule has 3 heteroatoms. The van der Waals surface area contributed by atoms with Gasteiger partial charge in [0.1, 0.15) is 5.75 Å². The molecule has 106 valence electrons. The van der Waals surface area contributed by atoms with Gasteiger partial charge in [-0.15, -0.1) is 0 Å². The van der Waals surface area contributed by atoms with Gasteiger partial charge in [-0.25, -0.2) is 0 Å². The van der Waals surface area contributed by atoms with Gasteiger partial charge in [0, 0.05) is 11.8 Å². The summed E-state index contributed by atoms with van der Waals surface area (Å²) in [6, 6.07) is 7.16. The van der Waals surface area contributed by atoms with Crippen molar-refractivity contribution < 1.29 is 4.74 Å². The molecular formula is C16H25NOS. The van der Waals surface area contributed by atoms with Gasteiger partial charge in [-0.05, 0) is 49.6 Å². The molecule has 1 heterocycles. The Morgan fingerprint density at radius 3 is 2.95 bits per heavy atom. The van der Waals surface area contributed by atoms with Crippen LogP contribution in [0.3, 0.4) is 0 Å². The fourth-order valence-electron chi connectivity index (χ4n) is 2.70. The Hall–Kier alpha value is -0.670. The van der Waals surface area contributed by atoms with Crippen LogP contribution in [0.25, 0.3) is 0 Å². The van der Waals surface area contributed by atoms with Gasteiger partial charge in [-0.3, -0.25) is 0 Å². The van der Waals surface area contributed by atoms with Crippen molar-refractivity contribution in [1.29, 1.82) is 0 Å². The maximum Gasteiger partial charge on any atom is 0.122 e. The van der Waals surface area contributed by atoms with Crippen LogP contribution in [0.2, 0.25) is 0 Å². The predicted molar refractivity (Wildman–Crippen MR) is 84.3 cm³/mol. The summed E-state index contributed by atoms with van der Waals surface area (Å²) in [6.07, 6.45) is 2.33. The second-order valence-corrected chi connectivity index (χ2v) is 6.45. The number of ether oxygens (including phenoxy) is 1. The average molecular weight is 279 g/mol. The van der Waals surface area contributed by atoms with E-state index >= 15 is 0 Å². The molecule has 0 radical (unpaired) electrons. The highest BCUT2D eigenvalue weighted by Gasteiger charge is 2.28. The van der Waals surface area contributed by atoms with Gasteiger partial charge in [0.2, 0.25) is 0 Å². The first-order valence-corrected chi connectivity index (χ1v) is 8.34. The van der Waals surface area contributed by atoms with Gasteiger partial charge in [0.05, 0.1) is 7.11 Å². The fourth-order valence-corrected chi connectivity index (χ4v) is 4.14. The number of hydrogen-bond donors (Lipinski definition) is 1. The zero-order valence-corrected chi connectivity index (χ0v) is 13.1. The lowest BCUT2D eigenvalue weighted by atomic mass is 9.93. The molecule has 1 fully saturated rings. The van der Waals surface area contributed by atoms with Crippen molar-refractivity contribution in [3.8, 4) is 5.75 Å². The summed E-state index contributed by atoms with van der Waals surface area (Å²) in [5, 5.41) is 3.69. The molecule has 1 aliphatic heterocycles. The molecule has 2 rings (SSSR count). The molecule has 0 amide bonds. The summed E-state index contributed by atoms with van der Waals surface area (Å²) < 4.78 is 5.50. The summed E-state index contributed by atoms with van der Waals surface area (Å²) in [5.41, 5.74) is 2.68. The number of thioether (sulfide) groups is 1. The molecule has 2 nitrogen and oxygen atoms in total. The van der Waals surface area contributed by atoms with E-state index in [0.717, 1.165) is 24.6 Å². The van der Waals surface area contributed by atoms with Crippen LogP contribution < -0.4 is 10.1 Å². The minimum atomic E-state index is 0.662. The van der Waals surface area contributed by atoms with Crippen LogP contribution in [0.15, 0.2) is 18.2 Å². The van der Waals surface area contributed by atoms with Gasteiger partial charge < -0.3 is 10.1 Å². The number of benzene rings is 1. The first-order chi connectivity index (χ1) is 9.24. The molecule has 1 N–H and O–H groups in total. The Kier molecular flexibility index (Phi) is 5.59. The first kappa shape index (κ1) is 14.7. The second kappa shape index (κ2) is 7.20. The molecule has 1 aromatic carbocycles. The lowest BCUT2D eigenvalue weighted by molar-refractivity contribution is 0.392. The van der Waals surface area contributed by atoms with E-state index in [-0.39, 0.29) is 0 Å². The van der Waals surface area contributed by atoms with E-state index in [1.54, 1.807) is 7.11 Å². The SMILES string of the molecule is CCCNC1CSCC1Cc1cc(C)ccc1OC. The average Bonchev–Trinajstić information content (AvgIpc) is 2.84. The van der Waals surface area contributed by atoms with Gasteiger partial charge >= 0.3 is 0 Å². The van der Waals surface area contributed by atoms with Crippen molar-refractivity contribution in [3.63, 3.8) is 0 Å². The van der Waals surface area contributed by atoms with Crippen LogP contribution in [0.4, 0.5) is 0 Å². The van der Waals surface area contributed by atoms with E-state index in [4.69, 9.17) is 4.74 Å². The molecule has 1 aromatic rings. The number of nitrogens with one attached hydrogen (secondary N) is 1. The van der Waals surface area contributed by atoms with Crippen LogP contribution in [-0.4, -0.2) is 31.2 Å². The first-order valence-electron chi connectivity index (χ1n) is 7.19. The van der Waals surface area contributed by atoms with Gasteiger partial charge in [0.25, 0.3) is 0 Å². The minimum Gasteiger partial charge on any atom is -0.496 e. The molecule has 0 aromatic heterocycles. The summed E-state index contributed by atoms with van der Waals surface area (Å²) in [6.45, 7) is 5.51. The Balaban J connectivity index is 2.05. The zero-order chi connectivity index (χ0) is 13.7. The highest BCUT2D eigenvalue weighted by Crippen LogP contribution is 2.31. The maximum absolute atomic E-state index is 5.50. The normalized spacial score (nSPS) is 22.7. The summed E-state index contributed by atoms with van der Waals surface area (Å²) in [5.74, 6) is 4.28. The Morgan fingerprint density at radius 2 is 2.21 bits per heavy atom. The zero-order valence-electron chi connectivity index (χ0n) is 12.2. The molecule has 0 aliphatic carbocycles. The number of aryl methyl sites for hydroxylation is 1. The van der Waals surface area contributed by atoms with Crippen LogP contribution in [-0.2, 0) is 6.42 Å². The van der Waals surface area contributed by atoms with Crippen molar-refractivity contribution in [2.75, 3.05) is 25.2 Å². The minimum absolute atomic E-state index is 0.662. The smallest absolute Gasteiger partial charge is 0.122 e. The van der Waals surface area contributed by atoms with E-state index in [1.165, 1.54) is 29.1 Å². The Bertz CT molecular complexity index is 408. The van der Waals surface area contributed by atoms with Gasteiger partial charge in [-0.1, -0.05) is 24.6 Å². The third-order valence-electron chi connectivity index (χ3n) is 3.77. The Labute approximate surface area is 121 Å². The molecule has 2 atom stereocenters. The lowest BCUT2D eigenvalue weighted by Gasteiger charge is -2.21. The van der Waals surface area contributed by atoms with Crippen molar-refractivity contribution >= 4 is 11.8 Å². The summed E-state index contributed by atoms with van der Waals surface area (Å²) in [7, 11) is 1.77. The largest absolute Gasteiger partial charge is 0.496 e. The van der Waals surface area contributed by atoms with Crippen LogP contribution in [0.5, 0.6) is 5.75 Å². The molecule has 2 unspecified atom stereocenters. The summed E-state index contributed by atoms with van der Waals surface area (Å²) in [4.78, 5) is 0. The number of rotatable bonds is 6. The van der Waals surface area contributed by atoms with Crippen molar-refractivity contribution in [3.05, 3.63) is 29.3 Å². The summed E-state index contributed by atoms with van der Waals surface area (Å²) >= 11 is 2.07. The molecule has 0 saturated carbocycles. The van der Waals surface area contributed by atoms with Crippen molar-refractivity contribution in [2.24, 2.45) is 5.92 Å².